The summed E-state index contributed by atoms with van der Waals surface area (Å²) in [5.41, 5.74) is 6.95. The molecule has 7 nitrogen and oxygen atoms in total. The zero-order valence-corrected chi connectivity index (χ0v) is 15.2. The van der Waals surface area contributed by atoms with Crippen LogP contribution in [0.1, 0.15) is 12.0 Å². The van der Waals surface area contributed by atoms with Crippen LogP contribution >= 0.6 is 15.9 Å². The van der Waals surface area contributed by atoms with E-state index in [2.05, 4.69) is 31.1 Å². The molecule has 2 heterocycles. The van der Waals surface area contributed by atoms with Gasteiger partial charge in [0, 0.05) is 19.6 Å². The molecule has 0 aliphatic carbocycles. The van der Waals surface area contributed by atoms with E-state index in [1.807, 2.05) is 12.1 Å². The second-order valence-electron chi connectivity index (χ2n) is 5.75. The van der Waals surface area contributed by atoms with Crippen LogP contribution < -0.4 is 20.5 Å². The average Bonchev–Trinajstić information content (AvgIpc) is 3.07. The van der Waals surface area contributed by atoms with E-state index >= 15 is 0 Å². The van der Waals surface area contributed by atoms with Gasteiger partial charge in [0.15, 0.2) is 17.5 Å². The van der Waals surface area contributed by atoms with Crippen molar-refractivity contribution >= 4 is 21.9 Å². The smallest absolute Gasteiger partial charge is 0.231 e. The lowest BCUT2D eigenvalue weighted by atomic mass is 10.2. The number of rotatable bonds is 6. The van der Waals surface area contributed by atoms with Crippen molar-refractivity contribution in [3.05, 3.63) is 22.2 Å². The molecule has 132 valence electrons. The highest BCUT2D eigenvalue weighted by molar-refractivity contribution is 9.10. The minimum atomic E-state index is 0.257. The number of nitrogens with zero attached hydrogens (tertiary/aromatic N) is 2. The molecule has 24 heavy (non-hydrogen) atoms. The van der Waals surface area contributed by atoms with E-state index in [-0.39, 0.29) is 6.79 Å². The Morgan fingerprint density at radius 1 is 1.29 bits per heavy atom. The van der Waals surface area contributed by atoms with E-state index in [0.29, 0.717) is 12.5 Å². The summed E-state index contributed by atoms with van der Waals surface area (Å²) in [6.07, 6.45) is 1.03. The second kappa shape index (κ2) is 8.55. The lowest BCUT2D eigenvalue weighted by Crippen LogP contribution is -2.39. The minimum Gasteiger partial charge on any atom is -0.454 e. The maximum atomic E-state index is 5.93. The van der Waals surface area contributed by atoms with Gasteiger partial charge in [-0.2, -0.15) is 0 Å². The van der Waals surface area contributed by atoms with E-state index < -0.39 is 0 Å². The molecule has 0 radical (unpaired) electrons. The fourth-order valence-electron chi connectivity index (χ4n) is 2.69. The normalized spacial score (nSPS) is 18.0. The number of nitrogens with two attached hydrogens (primary N) is 1. The Hall–Kier alpha value is -1.51. The summed E-state index contributed by atoms with van der Waals surface area (Å²) in [4.78, 5) is 6.78. The van der Waals surface area contributed by atoms with E-state index in [9.17, 15) is 0 Å². The van der Waals surface area contributed by atoms with Gasteiger partial charge in [0.1, 0.15) is 0 Å². The van der Waals surface area contributed by atoms with E-state index in [1.54, 1.807) is 0 Å². The van der Waals surface area contributed by atoms with E-state index in [4.69, 9.17) is 19.9 Å². The summed E-state index contributed by atoms with van der Waals surface area (Å²) in [5, 5.41) is 3.16. The Bertz CT molecular complexity index is 591. The number of halogens is 1. The number of nitrogens with one attached hydrogen (secondary N) is 1. The van der Waals surface area contributed by atoms with Crippen LogP contribution in [0.15, 0.2) is 21.6 Å². The topological polar surface area (TPSA) is 81.3 Å². The third kappa shape index (κ3) is 4.75. The zero-order chi connectivity index (χ0) is 16.8. The monoisotopic (exact) mass is 398 g/mol. The number of guanidine groups is 1. The fourth-order valence-corrected chi connectivity index (χ4v) is 3.29. The van der Waals surface area contributed by atoms with Gasteiger partial charge in [-0.25, -0.2) is 4.99 Å². The number of aliphatic imine (C=N–C) groups is 1. The van der Waals surface area contributed by atoms with Crippen LogP contribution in [0.25, 0.3) is 0 Å². The number of hydrogen-bond acceptors (Lipinski definition) is 5. The molecule has 8 heteroatoms. The Morgan fingerprint density at radius 2 is 2.12 bits per heavy atom. The van der Waals surface area contributed by atoms with Gasteiger partial charge in [-0.05, 0) is 46.6 Å². The third-order valence-electron chi connectivity index (χ3n) is 3.98. The van der Waals surface area contributed by atoms with Gasteiger partial charge < -0.3 is 25.3 Å². The molecule has 1 aromatic rings. The number of benzene rings is 1. The molecule has 0 aromatic heterocycles. The summed E-state index contributed by atoms with van der Waals surface area (Å²) in [6.45, 7) is 6.33. The van der Waals surface area contributed by atoms with Gasteiger partial charge in [0.2, 0.25) is 6.79 Å². The highest BCUT2D eigenvalue weighted by atomic mass is 79.9. The van der Waals surface area contributed by atoms with Gasteiger partial charge in [-0.3, -0.25) is 4.90 Å². The largest absolute Gasteiger partial charge is 0.454 e. The molecule has 0 saturated carbocycles. The molecule has 0 bridgehead atoms. The van der Waals surface area contributed by atoms with Crippen molar-refractivity contribution < 1.29 is 14.2 Å². The molecular weight excluding hydrogens is 376 g/mol. The predicted octanol–water partition coefficient (Wildman–Crippen LogP) is 1.30. The molecule has 1 fully saturated rings. The van der Waals surface area contributed by atoms with Crippen molar-refractivity contribution in [2.75, 3.05) is 46.2 Å². The van der Waals surface area contributed by atoms with Gasteiger partial charge in [-0.15, -0.1) is 0 Å². The van der Waals surface area contributed by atoms with Crippen LogP contribution in [0.3, 0.4) is 0 Å². The summed E-state index contributed by atoms with van der Waals surface area (Å²) in [7, 11) is 0. The Labute approximate surface area is 150 Å². The van der Waals surface area contributed by atoms with Crippen LogP contribution in [-0.4, -0.2) is 57.0 Å². The van der Waals surface area contributed by atoms with Crippen molar-refractivity contribution in [2.45, 2.75) is 13.0 Å². The molecular formula is C16H23BrN4O3. The second-order valence-corrected chi connectivity index (χ2v) is 6.60. The SMILES string of the molecule is NC(=NCc1cc(Br)c2c(c1)OCO2)NCCCN1CCOCC1. The molecule has 0 amide bonds. The first-order valence-corrected chi connectivity index (χ1v) is 8.93. The molecule has 2 aliphatic rings. The number of ether oxygens (including phenoxy) is 3. The Morgan fingerprint density at radius 3 is 2.96 bits per heavy atom. The highest BCUT2D eigenvalue weighted by Crippen LogP contribution is 2.40. The summed E-state index contributed by atoms with van der Waals surface area (Å²) in [6, 6.07) is 3.91. The summed E-state index contributed by atoms with van der Waals surface area (Å²) >= 11 is 3.48. The minimum absolute atomic E-state index is 0.257. The average molecular weight is 399 g/mol. The van der Waals surface area contributed by atoms with E-state index in [0.717, 1.165) is 67.3 Å². The molecule has 0 spiro atoms. The van der Waals surface area contributed by atoms with Crippen molar-refractivity contribution in [1.82, 2.24) is 10.2 Å². The standard InChI is InChI=1S/C16H23BrN4O3/c17-13-8-12(9-14-15(13)24-11-23-14)10-20-16(18)19-2-1-3-21-4-6-22-7-5-21/h8-9H,1-7,10-11H2,(H3,18,19,20). The summed E-state index contributed by atoms with van der Waals surface area (Å²) in [5.74, 6) is 1.95. The lowest BCUT2D eigenvalue weighted by molar-refractivity contribution is 0.0376. The first-order valence-electron chi connectivity index (χ1n) is 8.14. The molecule has 1 aromatic carbocycles. The lowest BCUT2D eigenvalue weighted by Gasteiger charge is -2.26. The van der Waals surface area contributed by atoms with E-state index in [1.165, 1.54) is 0 Å². The Kier molecular flexibility index (Phi) is 6.17. The van der Waals surface area contributed by atoms with Crippen molar-refractivity contribution in [3.8, 4) is 11.5 Å². The van der Waals surface area contributed by atoms with Crippen LogP contribution in [0.2, 0.25) is 0 Å². The third-order valence-corrected chi connectivity index (χ3v) is 4.57. The number of hydrogen-bond donors (Lipinski definition) is 2. The Balaban J connectivity index is 1.40. The van der Waals surface area contributed by atoms with Gasteiger partial charge in [-0.1, -0.05) is 0 Å². The number of fused-ring (bicyclic) bond motifs is 1. The van der Waals surface area contributed by atoms with Gasteiger partial charge in [0.25, 0.3) is 0 Å². The van der Waals surface area contributed by atoms with Crippen LogP contribution in [-0.2, 0) is 11.3 Å². The van der Waals surface area contributed by atoms with Crippen LogP contribution in [0.4, 0.5) is 0 Å². The molecule has 3 N–H and O–H groups in total. The van der Waals surface area contributed by atoms with Gasteiger partial charge in [0.05, 0.1) is 24.2 Å². The quantitative estimate of drug-likeness (QED) is 0.427. The van der Waals surface area contributed by atoms with Gasteiger partial charge >= 0.3 is 0 Å². The molecule has 3 rings (SSSR count). The predicted molar refractivity (Wildman–Crippen MR) is 95.5 cm³/mol. The number of morpholine rings is 1. The maximum Gasteiger partial charge on any atom is 0.231 e. The van der Waals surface area contributed by atoms with Crippen LogP contribution in [0.5, 0.6) is 11.5 Å². The first kappa shape index (κ1) is 17.3. The van der Waals surface area contributed by atoms with Crippen molar-refractivity contribution in [1.29, 1.82) is 0 Å². The van der Waals surface area contributed by atoms with Crippen molar-refractivity contribution in [2.24, 2.45) is 10.7 Å². The first-order chi connectivity index (χ1) is 11.7. The fraction of sp³-hybridized carbons (Fsp3) is 0.562. The highest BCUT2D eigenvalue weighted by Gasteiger charge is 2.17. The maximum absolute atomic E-state index is 5.93. The van der Waals surface area contributed by atoms with Crippen molar-refractivity contribution in [3.63, 3.8) is 0 Å². The van der Waals surface area contributed by atoms with Crippen LogP contribution in [0, 0.1) is 0 Å². The molecule has 2 aliphatic heterocycles. The molecule has 0 atom stereocenters. The molecule has 0 unspecified atom stereocenters. The molecule has 1 saturated heterocycles. The summed E-state index contributed by atoms with van der Waals surface area (Å²) < 4.78 is 17.0. The zero-order valence-electron chi connectivity index (χ0n) is 13.6.